The van der Waals surface area contributed by atoms with Crippen molar-refractivity contribution in [2.24, 2.45) is 5.92 Å². The van der Waals surface area contributed by atoms with Gasteiger partial charge in [0.1, 0.15) is 5.76 Å². The zero-order chi connectivity index (χ0) is 22.9. The molecule has 0 aliphatic heterocycles. The summed E-state index contributed by atoms with van der Waals surface area (Å²) >= 11 is 0. The maximum atomic E-state index is 12.8. The molecule has 0 fully saturated rings. The van der Waals surface area contributed by atoms with E-state index in [0.29, 0.717) is 17.9 Å². The molecular weight excluding hydrogens is 416 g/mol. The van der Waals surface area contributed by atoms with Crippen LogP contribution in [0.4, 0.5) is 4.79 Å². The quantitative estimate of drug-likeness (QED) is 0.402. The Labute approximate surface area is 183 Å². The van der Waals surface area contributed by atoms with E-state index < -0.39 is 24.5 Å². The van der Waals surface area contributed by atoms with Crippen molar-refractivity contribution in [3.05, 3.63) is 54.5 Å². The second-order valence-corrected chi connectivity index (χ2v) is 7.05. The average molecular weight is 438 g/mol. The highest BCUT2D eigenvalue weighted by molar-refractivity contribution is 6.16. The minimum absolute atomic E-state index is 0.0825. The van der Waals surface area contributed by atoms with Gasteiger partial charge in [0.2, 0.25) is 0 Å². The summed E-state index contributed by atoms with van der Waals surface area (Å²) in [7, 11) is 0. The van der Waals surface area contributed by atoms with Crippen molar-refractivity contribution in [2.45, 2.75) is 13.8 Å². The molecule has 32 heavy (non-hydrogen) atoms. The number of amides is 3. The number of ether oxygens (including phenoxy) is 1. The normalized spacial score (nSPS) is 11.3. The van der Waals surface area contributed by atoms with Crippen LogP contribution in [0.5, 0.6) is 0 Å². The molecule has 0 bridgehead atoms. The summed E-state index contributed by atoms with van der Waals surface area (Å²) < 4.78 is 11.6. The van der Waals surface area contributed by atoms with Crippen LogP contribution < -0.4 is 10.6 Å². The molecule has 2 aromatic heterocycles. The van der Waals surface area contributed by atoms with E-state index in [-0.39, 0.29) is 17.4 Å². The Morgan fingerprint density at radius 2 is 1.94 bits per heavy atom. The standard InChI is InChI=1S/C21H22N6O5/c1-14(2)12-22-21(30)23-18(28)13-32-20(29)17(11-16-9-6-10-31-16)27-19(24-25-26-27)15-7-4-3-5-8-15/h3-11,14H,12-13H2,1-2H3,(H2,22,23,28,30). The number of rotatable bonds is 8. The molecular formula is C21H22N6O5. The lowest BCUT2D eigenvalue weighted by atomic mass is 10.2. The Bertz CT molecular complexity index is 1090. The summed E-state index contributed by atoms with van der Waals surface area (Å²) in [6.07, 6.45) is 2.83. The SMILES string of the molecule is CC(C)CNC(=O)NC(=O)COC(=O)C(=Cc1ccco1)n1nnnc1-c1ccccc1. The van der Waals surface area contributed by atoms with E-state index in [1.807, 2.05) is 19.9 Å². The fraction of sp³-hybridized carbons (Fsp3) is 0.238. The van der Waals surface area contributed by atoms with E-state index in [9.17, 15) is 14.4 Å². The van der Waals surface area contributed by atoms with Gasteiger partial charge >= 0.3 is 12.0 Å². The number of carbonyl (C=O) groups excluding carboxylic acids is 3. The topological polar surface area (TPSA) is 141 Å². The number of hydrogen-bond donors (Lipinski definition) is 2. The van der Waals surface area contributed by atoms with Crippen molar-refractivity contribution in [1.29, 1.82) is 0 Å². The molecule has 3 rings (SSSR count). The molecule has 0 spiro atoms. The number of benzene rings is 1. The van der Waals surface area contributed by atoms with Gasteiger partial charge < -0.3 is 14.5 Å². The third kappa shape index (κ3) is 6.11. The Morgan fingerprint density at radius 3 is 2.62 bits per heavy atom. The number of esters is 1. The lowest BCUT2D eigenvalue weighted by molar-refractivity contribution is -0.142. The Morgan fingerprint density at radius 1 is 1.16 bits per heavy atom. The zero-order valence-electron chi connectivity index (χ0n) is 17.5. The highest BCUT2D eigenvalue weighted by Gasteiger charge is 2.22. The van der Waals surface area contributed by atoms with Crippen LogP contribution in [0, 0.1) is 5.92 Å². The van der Waals surface area contributed by atoms with E-state index in [1.165, 1.54) is 17.0 Å². The van der Waals surface area contributed by atoms with Crippen molar-refractivity contribution >= 4 is 29.7 Å². The van der Waals surface area contributed by atoms with Gasteiger partial charge in [-0.05, 0) is 28.5 Å². The average Bonchev–Trinajstić information content (AvgIpc) is 3.47. The molecule has 0 unspecified atom stereocenters. The number of carbonyl (C=O) groups is 3. The smallest absolute Gasteiger partial charge is 0.357 e. The molecule has 0 atom stereocenters. The van der Waals surface area contributed by atoms with Crippen molar-refractivity contribution < 1.29 is 23.5 Å². The summed E-state index contributed by atoms with van der Waals surface area (Å²) in [5, 5.41) is 16.2. The molecule has 0 radical (unpaired) electrons. The van der Waals surface area contributed by atoms with E-state index in [0.717, 1.165) is 0 Å². The number of tetrazole rings is 1. The predicted octanol–water partition coefficient (Wildman–Crippen LogP) is 1.96. The first-order valence-corrected chi connectivity index (χ1v) is 9.78. The van der Waals surface area contributed by atoms with Gasteiger partial charge in [-0.2, -0.15) is 4.68 Å². The number of imide groups is 1. The van der Waals surface area contributed by atoms with Crippen LogP contribution in [0.2, 0.25) is 0 Å². The number of nitrogens with one attached hydrogen (secondary N) is 2. The van der Waals surface area contributed by atoms with Crippen LogP contribution in [0.3, 0.4) is 0 Å². The van der Waals surface area contributed by atoms with Crippen LogP contribution >= 0.6 is 0 Å². The van der Waals surface area contributed by atoms with Crippen molar-refractivity contribution in [3.8, 4) is 11.4 Å². The lowest BCUT2D eigenvalue weighted by Gasteiger charge is -2.11. The third-order valence-corrected chi connectivity index (χ3v) is 4.02. The Hall–Kier alpha value is -4.28. The first kappa shape index (κ1) is 22.4. The highest BCUT2D eigenvalue weighted by atomic mass is 16.5. The fourth-order valence-electron chi connectivity index (χ4n) is 2.54. The number of urea groups is 1. The molecule has 2 heterocycles. The third-order valence-electron chi connectivity index (χ3n) is 4.02. The number of furan rings is 1. The molecule has 0 aliphatic carbocycles. The Kier molecular flexibility index (Phi) is 7.46. The summed E-state index contributed by atoms with van der Waals surface area (Å²) in [6.45, 7) is 3.56. The first-order chi connectivity index (χ1) is 15.4. The predicted molar refractivity (Wildman–Crippen MR) is 113 cm³/mol. The minimum atomic E-state index is -0.886. The van der Waals surface area contributed by atoms with Crippen molar-refractivity contribution in [1.82, 2.24) is 30.8 Å². The van der Waals surface area contributed by atoms with Crippen LogP contribution in [0.15, 0.2) is 53.1 Å². The largest absolute Gasteiger partial charge is 0.465 e. The highest BCUT2D eigenvalue weighted by Crippen LogP contribution is 2.21. The molecule has 3 aromatic rings. The summed E-state index contributed by atoms with van der Waals surface area (Å²) in [5.41, 5.74) is 0.580. The summed E-state index contributed by atoms with van der Waals surface area (Å²) in [5.74, 6) is -0.805. The maximum Gasteiger partial charge on any atom is 0.357 e. The van der Waals surface area contributed by atoms with Gasteiger partial charge in [-0.3, -0.25) is 10.1 Å². The first-order valence-electron chi connectivity index (χ1n) is 9.78. The van der Waals surface area contributed by atoms with Crippen molar-refractivity contribution in [3.63, 3.8) is 0 Å². The van der Waals surface area contributed by atoms with Crippen molar-refractivity contribution in [2.75, 3.05) is 13.2 Å². The van der Waals surface area contributed by atoms with E-state index >= 15 is 0 Å². The number of nitrogens with zero attached hydrogens (tertiary/aromatic N) is 4. The van der Waals surface area contributed by atoms with Crippen LogP contribution in [0.1, 0.15) is 19.6 Å². The van der Waals surface area contributed by atoms with Gasteiger partial charge in [0, 0.05) is 18.2 Å². The van der Waals surface area contributed by atoms with Gasteiger partial charge in [0.15, 0.2) is 18.1 Å². The van der Waals surface area contributed by atoms with Crippen LogP contribution in [-0.4, -0.2) is 51.3 Å². The van der Waals surface area contributed by atoms with Gasteiger partial charge in [0.05, 0.1) is 6.26 Å². The Balaban J connectivity index is 1.75. The molecule has 2 N–H and O–H groups in total. The summed E-state index contributed by atoms with van der Waals surface area (Å²) in [4.78, 5) is 36.5. The van der Waals surface area contributed by atoms with Gasteiger partial charge in [-0.15, -0.1) is 5.10 Å². The lowest BCUT2D eigenvalue weighted by Crippen LogP contribution is -2.42. The van der Waals surface area contributed by atoms with E-state index in [2.05, 4.69) is 26.2 Å². The molecule has 166 valence electrons. The minimum Gasteiger partial charge on any atom is -0.465 e. The second-order valence-electron chi connectivity index (χ2n) is 7.05. The molecule has 3 amide bonds. The number of aromatic nitrogens is 4. The molecule has 1 aromatic carbocycles. The molecule has 11 nitrogen and oxygen atoms in total. The molecule has 0 saturated carbocycles. The van der Waals surface area contributed by atoms with Crippen LogP contribution in [-0.2, 0) is 14.3 Å². The molecule has 0 aliphatic rings. The molecule has 11 heteroatoms. The van der Waals surface area contributed by atoms with Gasteiger partial charge in [-0.25, -0.2) is 9.59 Å². The van der Waals surface area contributed by atoms with E-state index in [1.54, 1.807) is 36.4 Å². The van der Waals surface area contributed by atoms with Gasteiger partial charge in [-0.1, -0.05) is 44.2 Å². The zero-order valence-corrected chi connectivity index (χ0v) is 17.5. The second kappa shape index (κ2) is 10.7. The van der Waals surface area contributed by atoms with Gasteiger partial charge in [0.25, 0.3) is 5.91 Å². The fourth-order valence-corrected chi connectivity index (χ4v) is 2.54. The molecule has 0 saturated heterocycles. The van der Waals surface area contributed by atoms with Crippen LogP contribution in [0.25, 0.3) is 23.2 Å². The number of hydrogen-bond acceptors (Lipinski definition) is 8. The monoisotopic (exact) mass is 438 g/mol. The van der Waals surface area contributed by atoms with E-state index in [4.69, 9.17) is 9.15 Å². The maximum absolute atomic E-state index is 12.8. The summed E-state index contributed by atoms with van der Waals surface area (Å²) in [6, 6.07) is 11.6.